The number of hydrogen-bond acceptors (Lipinski definition) is 4. The molecule has 0 unspecified atom stereocenters. The van der Waals surface area contributed by atoms with E-state index in [2.05, 4.69) is 4.99 Å². The molecule has 0 fully saturated rings. The van der Waals surface area contributed by atoms with E-state index in [0.717, 1.165) is 18.3 Å². The van der Waals surface area contributed by atoms with Crippen LogP contribution in [0, 0.1) is 15.2 Å². The Labute approximate surface area is 139 Å². The summed E-state index contributed by atoms with van der Waals surface area (Å²) in [6.45, 7) is 2.71. The van der Waals surface area contributed by atoms with Crippen LogP contribution in [0.1, 0.15) is 19.4 Å². The third-order valence-electron chi connectivity index (χ3n) is 2.66. The molecular formula is C14H14F2INO4. The lowest BCUT2D eigenvalue weighted by Crippen LogP contribution is -2.22. The van der Waals surface area contributed by atoms with E-state index in [9.17, 15) is 18.7 Å². The fraction of sp³-hybridized carbons (Fsp3) is 0.286. The number of carbonyl (C=O) groups is 1. The van der Waals surface area contributed by atoms with Crippen molar-refractivity contribution in [3.8, 4) is 0 Å². The Balaban J connectivity index is 3.46. The normalized spacial score (nSPS) is 13.4. The van der Waals surface area contributed by atoms with Crippen LogP contribution in [-0.4, -0.2) is 39.6 Å². The summed E-state index contributed by atoms with van der Waals surface area (Å²) in [6.07, 6.45) is 0.811. The van der Waals surface area contributed by atoms with Crippen LogP contribution in [0.2, 0.25) is 0 Å². The average molecular weight is 425 g/mol. The zero-order valence-electron chi connectivity index (χ0n) is 11.8. The zero-order chi connectivity index (χ0) is 17.1. The second-order valence-electron chi connectivity index (χ2n) is 5.05. The number of aliphatic imine (C=N–C) groups is 1. The van der Waals surface area contributed by atoms with Gasteiger partial charge in [-0.15, -0.1) is 0 Å². The molecule has 8 heteroatoms. The van der Waals surface area contributed by atoms with Gasteiger partial charge >= 0.3 is 5.97 Å². The molecule has 5 nitrogen and oxygen atoms in total. The predicted molar refractivity (Wildman–Crippen MR) is 85.9 cm³/mol. The van der Waals surface area contributed by atoms with Crippen molar-refractivity contribution >= 4 is 40.5 Å². The Bertz CT molecular complexity index is 656. The lowest BCUT2D eigenvalue weighted by molar-refractivity contribution is -0.132. The minimum absolute atomic E-state index is 0.287. The predicted octanol–water partition coefficient (Wildman–Crippen LogP) is 2.76. The number of hydrogen-bond donors (Lipinski definition) is 3. The third-order valence-corrected chi connectivity index (χ3v) is 3.29. The highest BCUT2D eigenvalue weighted by Gasteiger charge is 2.21. The van der Waals surface area contributed by atoms with Gasteiger partial charge in [0, 0.05) is 9.78 Å². The summed E-state index contributed by atoms with van der Waals surface area (Å²) in [5.41, 5.74) is -2.26. The van der Waals surface area contributed by atoms with Crippen molar-refractivity contribution in [2.24, 2.45) is 4.99 Å². The number of aliphatic hydroxyl groups excluding tert-OH is 2. The molecule has 3 N–H and O–H groups in total. The number of benzene rings is 1. The first-order valence-corrected chi connectivity index (χ1v) is 7.14. The van der Waals surface area contributed by atoms with Crippen molar-refractivity contribution in [2.75, 3.05) is 6.61 Å². The molecule has 0 atom stereocenters. The van der Waals surface area contributed by atoms with Gasteiger partial charge in [0.25, 0.3) is 0 Å². The molecule has 0 saturated carbocycles. The summed E-state index contributed by atoms with van der Waals surface area (Å²) in [7, 11) is 0. The molecule has 0 spiro atoms. The Kier molecular flexibility index (Phi) is 6.00. The van der Waals surface area contributed by atoms with E-state index in [0.29, 0.717) is 0 Å². The fourth-order valence-electron chi connectivity index (χ4n) is 1.37. The third kappa shape index (κ3) is 4.47. The number of nitrogens with zero attached hydrogens (tertiary/aromatic N) is 1. The van der Waals surface area contributed by atoms with E-state index in [1.54, 1.807) is 22.6 Å². The smallest absolute Gasteiger partial charge is 0.341 e. The van der Waals surface area contributed by atoms with Crippen LogP contribution in [0.4, 0.5) is 8.78 Å². The molecular weight excluding hydrogens is 411 g/mol. The van der Waals surface area contributed by atoms with Crippen LogP contribution in [0.5, 0.6) is 0 Å². The lowest BCUT2D eigenvalue weighted by atomic mass is 10.1. The second kappa shape index (κ2) is 7.14. The molecule has 1 rings (SSSR count). The number of halogens is 3. The summed E-state index contributed by atoms with van der Waals surface area (Å²) in [4.78, 5) is 15.0. The van der Waals surface area contributed by atoms with Crippen LogP contribution in [0.3, 0.4) is 0 Å². The van der Waals surface area contributed by atoms with Gasteiger partial charge in [-0.1, -0.05) is 0 Å². The van der Waals surface area contributed by atoms with Crippen LogP contribution in [-0.2, 0) is 4.79 Å². The maximum atomic E-state index is 13.7. The van der Waals surface area contributed by atoms with Crippen LogP contribution < -0.4 is 0 Å². The van der Waals surface area contributed by atoms with Gasteiger partial charge in [-0.2, -0.15) is 0 Å². The average Bonchev–Trinajstić information content (AvgIpc) is 2.42. The molecule has 0 aromatic heterocycles. The molecule has 1 aromatic rings. The topological polar surface area (TPSA) is 90.1 Å². The monoisotopic (exact) mass is 425 g/mol. The van der Waals surface area contributed by atoms with E-state index < -0.39 is 40.0 Å². The summed E-state index contributed by atoms with van der Waals surface area (Å²) < 4.78 is 27.4. The van der Waals surface area contributed by atoms with Crippen molar-refractivity contribution in [2.45, 2.75) is 19.4 Å². The lowest BCUT2D eigenvalue weighted by Gasteiger charge is -2.15. The molecule has 0 aliphatic rings. The van der Waals surface area contributed by atoms with Crippen molar-refractivity contribution < 1.29 is 28.9 Å². The highest BCUT2D eigenvalue weighted by molar-refractivity contribution is 14.1. The number of aliphatic carboxylic acids is 1. The molecule has 22 heavy (non-hydrogen) atoms. The Morgan fingerprint density at radius 3 is 2.45 bits per heavy atom. The van der Waals surface area contributed by atoms with E-state index in [-0.39, 0.29) is 10.2 Å². The fourth-order valence-corrected chi connectivity index (χ4v) is 1.96. The summed E-state index contributed by atoms with van der Waals surface area (Å²) in [5.74, 6) is -5.06. The molecule has 0 heterocycles. The Hall–Kier alpha value is -1.55. The highest BCUT2D eigenvalue weighted by atomic mass is 127. The Morgan fingerprint density at radius 2 is 1.95 bits per heavy atom. The molecule has 0 amide bonds. The molecule has 0 saturated heterocycles. The van der Waals surface area contributed by atoms with Crippen molar-refractivity contribution in [1.82, 2.24) is 0 Å². The standard InChI is InChI=1S/C14H14F2INO4/c1-14(2,6-19)18-5-9(13(21)22)12(20)8-3-7(17)4-10(15)11(8)16/h3-5,19-20H,6H2,1-2H3,(H,21,22). The van der Waals surface area contributed by atoms with Crippen molar-refractivity contribution in [1.29, 1.82) is 0 Å². The van der Waals surface area contributed by atoms with Crippen molar-refractivity contribution in [3.05, 3.63) is 38.5 Å². The zero-order valence-corrected chi connectivity index (χ0v) is 13.9. The Morgan fingerprint density at radius 1 is 1.36 bits per heavy atom. The second-order valence-corrected chi connectivity index (χ2v) is 6.29. The summed E-state index contributed by atoms with van der Waals surface area (Å²) in [6, 6.07) is 2.03. The highest BCUT2D eigenvalue weighted by Crippen LogP contribution is 2.24. The summed E-state index contributed by atoms with van der Waals surface area (Å²) in [5, 5.41) is 28.2. The van der Waals surface area contributed by atoms with Gasteiger partial charge < -0.3 is 15.3 Å². The number of aliphatic hydroxyl groups is 2. The molecule has 0 bridgehead atoms. The molecule has 0 aliphatic carbocycles. The number of carboxylic acid groups (broad SMARTS) is 1. The maximum absolute atomic E-state index is 13.7. The maximum Gasteiger partial charge on any atom is 0.341 e. The van der Waals surface area contributed by atoms with E-state index >= 15 is 0 Å². The first-order chi connectivity index (χ1) is 10.1. The quantitative estimate of drug-likeness (QED) is 0.223. The van der Waals surface area contributed by atoms with Gasteiger partial charge in [0.2, 0.25) is 0 Å². The first-order valence-electron chi connectivity index (χ1n) is 6.06. The SMILES string of the molecule is CC(C)(CO)N=CC(C(=O)O)=C(O)c1cc(I)cc(F)c1F. The minimum Gasteiger partial charge on any atom is -0.506 e. The molecule has 120 valence electrons. The van der Waals surface area contributed by atoms with Crippen LogP contribution in [0.25, 0.3) is 5.76 Å². The minimum atomic E-state index is -1.56. The van der Waals surface area contributed by atoms with Crippen LogP contribution >= 0.6 is 22.6 Å². The summed E-state index contributed by atoms with van der Waals surface area (Å²) >= 11 is 1.71. The van der Waals surface area contributed by atoms with E-state index in [1.165, 1.54) is 13.8 Å². The van der Waals surface area contributed by atoms with Gasteiger partial charge in [-0.05, 0) is 48.6 Å². The largest absolute Gasteiger partial charge is 0.506 e. The number of carboxylic acids is 1. The van der Waals surface area contributed by atoms with Gasteiger partial charge in [-0.25, -0.2) is 13.6 Å². The molecule has 0 radical (unpaired) electrons. The van der Waals surface area contributed by atoms with Crippen molar-refractivity contribution in [3.63, 3.8) is 0 Å². The van der Waals surface area contributed by atoms with Crippen LogP contribution in [0.15, 0.2) is 22.7 Å². The molecule has 0 aliphatic heterocycles. The molecule has 1 aromatic carbocycles. The van der Waals surface area contributed by atoms with Gasteiger partial charge in [0.1, 0.15) is 11.3 Å². The first kappa shape index (κ1) is 18.5. The van der Waals surface area contributed by atoms with Gasteiger partial charge in [-0.3, -0.25) is 4.99 Å². The van der Waals surface area contributed by atoms with E-state index in [1.807, 2.05) is 0 Å². The van der Waals surface area contributed by atoms with E-state index in [4.69, 9.17) is 10.2 Å². The van der Waals surface area contributed by atoms with Gasteiger partial charge in [0.15, 0.2) is 11.6 Å². The van der Waals surface area contributed by atoms with Gasteiger partial charge in [0.05, 0.1) is 17.7 Å². The number of rotatable bonds is 5.